The van der Waals surface area contributed by atoms with Crippen LogP contribution in [-0.4, -0.2) is 4.57 Å². The number of nitrogens with zero attached hydrogens (tertiary/aromatic N) is 2. The van der Waals surface area contributed by atoms with Crippen LogP contribution in [0.15, 0.2) is 243 Å². The van der Waals surface area contributed by atoms with Crippen molar-refractivity contribution in [2.45, 2.75) is 37.5 Å². The van der Waals surface area contributed by atoms with E-state index in [2.05, 4.69) is 252 Å². The van der Waals surface area contributed by atoms with Gasteiger partial charge in [0, 0.05) is 44.3 Å². The van der Waals surface area contributed by atoms with Crippen LogP contribution in [0.3, 0.4) is 0 Å². The van der Waals surface area contributed by atoms with Crippen LogP contribution in [0.4, 0.5) is 17.1 Å². The lowest BCUT2D eigenvalue weighted by molar-refractivity contribution is -0.0399. The zero-order valence-corrected chi connectivity index (χ0v) is 40.3. The summed E-state index contributed by atoms with van der Waals surface area (Å²) in [5, 5.41) is 2.51. The number of fused-ring (bicyclic) bond motifs is 6. The Kier molecular flexibility index (Phi) is 9.49. The largest absolute Gasteiger partial charge is 0.309 e. The first-order valence-electron chi connectivity index (χ1n) is 26.3. The molecule has 10 aromatic carbocycles. The van der Waals surface area contributed by atoms with Gasteiger partial charge in [0.2, 0.25) is 0 Å². The molecule has 0 saturated heterocycles. The molecule has 72 heavy (non-hydrogen) atoms. The van der Waals surface area contributed by atoms with Gasteiger partial charge in [-0.1, -0.05) is 200 Å². The summed E-state index contributed by atoms with van der Waals surface area (Å²) in [5.74, 6) is 3.09. The van der Waals surface area contributed by atoms with Gasteiger partial charge in [-0.05, 0) is 148 Å². The van der Waals surface area contributed by atoms with Gasteiger partial charge in [-0.15, -0.1) is 0 Å². The second-order valence-corrected chi connectivity index (χ2v) is 21.2. The van der Waals surface area contributed by atoms with E-state index < -0.39 is 0 Å². The van der Waals surface area contributed by atoms with E-state index in [1.807, 2.05) is 0 Å². The number of anilines is 3. The van der Waals surface area contributed by atoms with Crippen molar-refractivity contribution >= 4 is 38.9 Å². The summed E-state index contributed by atoms with van der Waals surface area (Å²) in [6.07, 6.45) is 6.85. The molecule has 0 radical (unpaired) electrons. The van der Waals surface area contributed by atoms with Crippen LogP contribution in [0, 0.1) is 23.7 Å². The van der Waals surface area contributed by atoms with Gasteiger partial charge in [-0.2, -0.15) is 0 Å². The first-order chi connectivity index (χ1) is 35.7. The van der Waals surface area contributed by atoms with Gasteiger partial charge in [0.25, 0.3) is 0 Å². The maximum absolute atomic E-state index is 2.64. The van der Waals surface area contributed by atoms with Crippen molar-refractivity contribution in [1.29, 1.82) is 0 Å². The van der Waals surface area contributed by atoms with E-state index in [-0.39, 0.29) is 5.41 Å². The molecule has 1 spiro atoms. The zero-order valence-electron chi connectivity index (χ0n) is 40.3. The molecule has 0 N–H and O–H groups in total. The summed E-state index contributed by atoms with van der Waals surface area (Å²) < 4.78 is 2.47. The highest BCUT2D eigenvalue weighted by Gasteiger charge is 2.62. The molecular weight excluding hydrogens is 869 g/mol. The molecular formula is C70H54N2. The van der Waals surface area contributed by atoms with E-state index in [0.717, 1.165) is 28.9 Å². The van der Waals surface area contributed by atoms with Crippen molar-refractivity contribution in [1.82, 2.24) is 4.57 Å². The highest BCUT2D eigenvalue weighted by atomic mass is 15.1. The first-order valence-corrected chi connectivity index (χ1v) is 26.3. The summed E-state index contributed by atoms with van der Waals surface area (Å²) >= 11 is 0. The van der Waals surface area contributed by atoms with Crippen molar-refractivity contribution in [3.8, 4) is 61.3 Å². The van der Waals surface area contributed by atoms with Crippen LogP contribution in [-0.2, 0) is 5.41 Å². The van der Waals surface area contributed by atoms with Gasteiger partial charge < -0.3 is 9.47 Å². The fourth-order valence-corrected chi connectivity index (χ4v) is 15.1. The third-order valence-electron chi connectivity index (χ3n) is 17.6. The lowest BCUT2D eigenvalue weighted by Gasteiger charge is -2.61. The molecule has 4 saturated carbocycles. The molecule has 0 atom stereocenters. The van der Waals surface area contributed by atoms with Crippen molar-refractivity contribution in [2.24, 2.45) is 23.7 Å². The zero-order chi connectivity index (χ0) is 47.3. The lowest BCUT2D eigenvalue weighted by atomic mass is 9.43. The van der Waals surface area contributed by atoms with E-state index in [1.54, 1.807) is 11.1 Å². The molecule has 0 unspecified atom stereocenters. The standard InChI is InChI=1S/C70H54N2/c1-3-20-48(21-4-1)54-26-7-8-27-56(54)57-28-9-10-29-58(57)59-30-12-15-37-65(59)71(67-39-19-36-64-68(67)62-32-11-14-35-63(62)70(64)50-41-46-40-47(43-50)44-51(70)42-46)53-25-17-22-49(45-53)55-33-18-34-61-60-31-13-16-38-66(60)72(69(55)61)52-23-5-2-6-24-52/h1-39,45-47,50-51H,40-44H2. The topological polar surface area (TPSA) is 8.17 Å². The van der Waals surface area contributed by atoms with Gasteiger partial charge in [0.05, 0.1) is 22.4 Å². The van der Waals surface area contributed by atoms with Crippen LogP contribution in [0.25, 0.3) is 83.1 Å². The average molecular weight is 923 g/mol. The molecule has 16 rings (SSSR count). The SMILES string of the molecule is c1ccc(-c2ccccc2-c2ccccc2-c2ccccc2N(c2cccc(-c3cccc4c5ccccc5n(-c5ccccc5)c34)c2)c2cccc3c2-c2ccccc2C32C3CC4CC(C3)CC2C4)cc1. The van der Waals surface area contributed by atoms with E-state index in [1.165, 1.54) is 115 Å². The maximum Gasteiger partial charge on any atom is 0.0619 e. The Hall–Kier alpha value is -8.20. The molecule has 4 fully saturated rings. The first kappa shape index (κ1) is 41.6. The van der Waals surface area contributed by atoms with E-state index in [9.17, 15) is 0 Å². The number of benzene rings is 10. The van der Waals surface area contributed by atoms with Crippen molar-refractivity contribution in [2.75, 3.05) is 4.90 Å². The van der Waals surface area contributed by atoms with E-state index >= 15 is 0 Å². The summed E-state index contributed by atoms with van der Waals surface area (Å²) in [5.41, 5.74) is 22.8. The Morgan fingerprint density at radius 1 is 0.361 bits per heavy atom. The smallest absolute Gasteiger partial charge is 0.0619 e. The van der Waals surface area contributed by atoms with Gasteiger partial charge in [0.15, 0.2) is 0 Å². The third kappa shape index (κ3) is 6.15. The Labute approximate surface area is 422 Å². The fourth-order valence-electron chi connectivity index (χ4n) is 15.1. The molecule has 11 aromatic rings. The molecule has 0 aliphatic heterocycles. The molecule has 1 aromatic heterocycles. The van der Waals surface area contributed by atoms with Crippen molar-refractivity contribution in [3.63, 3.8) is 0 Å². The van der Waals surface area contributed by atoms with Gasteiger partial charge in [-0.3, -0.25) is 0 Å². The van der Waals surface area contributed by atoms with Crippen LogP contribution >= 0.6 is 0 Å². The molecule has 4 bridgehead atoms. The van der Waals surface area contributed by atoms with Crippen LogP contribution in [0.5, 0.6) is 0 Å². The predicted molar refractivity (Wildman–Crippen MR) is 300 cm³/mol. The van der Waals surface area contributed by atoms with Crippen molar-refractivity contribution in [3.05, 3.63) is 254 Å². The quantitative estimate of drug-likeness (QED) is 0.147. The molecule has 344 valence electrons. The Morgan fingerprint density at radius 3 is 1.64 bits per heavy atom. The maximum atomic E-state index is 2.64. The minimum atomic E-state index is 0.0383. The summed E-state index contributed by atoms with van der Waals surface area (Å²) in [4.78, 5) is 2.64. The van der Waals surface area contributed by atoms with Gasteiger partial charge in [0.1, 0.15) is 0 Å². The molecule has 2 heteroatoms. The van der Waals surface area contributed by atoms with E-state index in [4.69, 9.17) is 0 Å². The molecule has 5 aliphatic rings. The fraction of sp³-hybridized carbons (Fsp3) is 0.143. The summed E-state index contributed by atoms with van der Waals surface area (Å²) in [7, 11) is 0. The molecule has 2 nitrogen and oxygen atoms in total. The number of rotatable bonds is 8. The van der Waals surface area contributed by atoms with Crippen LogP contribution < -0.4 is 4.90 Å². The normalized spacial score (nSPS) is 20.3. The van der Waals surface area contributed by atoms with E-state index in [0.29, 0.717) is 11.8 Å². The number of hydrogen-bond acceptors (Lipinski definition) is 1. The van der Waals surface area contributed by atoms with Gasteiger partial charge in [-0.25, -0.2) is 0 Å². The number of aromatic nitrogens is 1. The Morgan fingerprint density at radius 2 is 0.875 bits per heavy atom. The summed E-state index contributed by atoms with van der Waals surface area (Å²) in [6, 6.07) is 91.0. The monoisotopic (exact) mass is 922 g/mol. The van der Waals surface area contributed by atoms with Gasteiger partial charge >= 0.3 is 0 Å². The highest BCUT2D eigenvalue weighted by molar-refractivity contribution is 6.14. The average Bonchev–Trinajstić information content (AvgIpc) is 3.95. The number of para-hydroxylation sites is 4. The minimum Gasteiger partial charge on any atom is -0.309 e. The van der Waals surface area contributed by atoms with Crippen LogP contribution in [0.1, 0.15) is 43.2 Å². The van der Waals surface area contributed by atoms with Crippen LogP contribution in [0.2, 0.25) is 0 Å². The van der Waals surface area contributed by atoms with Crippen molar-refractivity contribution < 1.29 is 0 Å². The lowest BCUT2D eigenvalue weighted by Crippen LogP contribution is -2.55. The highest BCUT2D eigenvalue weighted by Crippen LogP contribution is 2.70. The third-order valence-corrected chi connectivity index (χ3v) is 17.6. The minimum absolute atomic E-state index is 0.0383. The predicted octanol–water partition coefficient (Wildman–Crippen LogP) is 18.6. The Bertz CT molecular complexity index is 3870. The number of hydrogen-bond donors (Lipinski definition) is 0. The second kappa shape index (κ2) is 16.4. The molecule has 1 heterocycles. The molecule has 5 aliphatic carbocycles. The summed E-state index contributed by atoms with van der Waals surface area (Å²) in [6.45, 7) is 0. The Balaban J connectivity index is 0.988. The molecule has 0 amide bonds. The second-order valence-electron chi connectivity index (χ2n) is 21.2.